The number of nitrogens with zero attached hydrogens (tertiary/aromatic N) is 3. The topological polar surface area (TPSA) is 67.2 Å². The molecule has 0 saturated carbocycles. The lowest BCUT2D eigenvalue weighted by Crippen LogP contribution is -2.32. The molecular formula is C21H22N4O2. The summed E-state index contributed by atoms with van der Waals surface area (Å²) in [7, 11) is 0. The van der Waals surface area contributed by atoms with Gasteiger partial charge in [0.15, 0.2) is 5.82 Å². The van der Waals surface area contributed by atoms with E-state index in [0.29, 0.717) is 12.4 Å². The first-order valence-electron chi connectivity index (χ1n) is 9.32. The van der Waals surface area contributed by atoms with Crippen molar-refractivity contribution < 1.29 is 4.79 Å². The third kappa shape index (κ3) is 3.69. The third-order valence-electron chi connectivity index (χ3n) is 4.86. The average Bonchev–Trinajstić information content (AvgIpc) is 3.22. The van der Waals surface area contributed by atoms with Crippen LogP contribution in [0.1, 0.15) is 19.3 Å². The van der Waals surface area contributed by atoms with Crippen molar-refractivity contribution in [2.75, 3.05) is 23.3 Å². The SMILES string of the molecule is O=C(CCn1c(=O)c(N2CCCC2)nc2ccccc21)Nc1ccccc1. The van der Waals surface area contributed by atoms with Gasteiger partial charge in [-0.25, -0.2) is 4.98 Å². The van der Waals surface area contributed by atoms with Crippen LogP contribution in [-0.2, 0) is 11.3 Å². The molecule has 0 radical (unpaired) electrons. The molecule has 1 aromatic heterocycles. The van der Waals surface area contributed by atoms with Crippen molar-refractivity contribution in [1.82, 2.24) is 9.55 Å². The molecule has 0 unspecified atom stereocenters. The molecule has 6 heteroatoms. The van der Waals surface area contributed by atoms with Gasteiger partial charge in [0.05, 0.1) is 11.0 Å². The molecule has 0 bridgehead atoms. The number of fused-ring (bicyclic) bond motifs is 1. The van der Waals surface area contributed by atoms with Crippen molar-refractivity contribution in [3.63, 3.8) is 0 Å². The number of nitrogens with one attached hydrogen (secondary N) is 1. The van der Waals surface area contributed by atoms with Gasteiger partial charge in [0.1, 0.15) is 0 Å². The number of rotatable bonds is 5. The second-order valence-electron chi connectivity index (χ2n) is 6.74. The van der Waals surface area contributed by atoms with Crippen LogP contribution in [0.3, 0.4) is 0 Å². The minimum absolute atomic E-state index is 0.114. The van der Waals surface area contributed by atoms with Crippen LogP contribution in [0.2, 0.25) is 0 Å². The van der Waals surface area contributed by atoms with E-state index in [1.165, 1.54) is 0 Å². The molecule has 0 aliphatic carbocycles. The maximum Gasteiger partial charge on any atom is 0.294 e. The van der Waals surface area contributed by atoms with E-state index in [1.54, 1.807) is 4.57 Å². The highest BCUT2D eigenvalue weighted by atomic mass is 16.2. The smallest absolute Gasteiger partial charge is 0.294 e. The highest BCUT2D eigenvalue weighted by Crippen LogP contribution is 2.18. The number of aromatic nitrogens is 2. The van der Waals surface area contributed by atoms with E-state index in [1.807, 2.05) is 54.6 Å². The van der Waals surface area contributed by atoms with Gasteiger partial charge in [-0.05, 0) is 37.1 Å². The molecule has 3 aromatic rings. The molecular weight excluding hydrogens is 340 g/mol. The Morgan fingerprint density at radius 2 is 1.70 bits per heavy atom. The van der Waals surface area contributed by atoms with Crippen molar-refractivity contribution in [1.29, 1.82) is 0 Å². The van der Waals surface area contributed by atoms with Crippen LogP contribution >= 0.6 is 0 Å². The Hall–Kier alpha value is -3.15. The Labute approximate surface area is 157 Å². The number of hydrogen-bond donors (Lipinski definition) is 1. The maximum absolute atomic E-state index is 13.1. The zero-order valence-electron chi connectivity index (χ0n) is 15.1. The van der Waals surface area contributed by atoms with Gasteiger partial charge in [0.2, 0.25) is 5.91 Å². The first-order chi connectivity index (χ1) is 13.2. The zero-order valence-corrected chi connectivity index (χ0v) is 15.1. The highest BCUT2D eigenvalue weighted by Gasteiger charge is 2.20. The first-order valence-corrected chi connectivity index (χ1v) is 9.32. The fourth-order valence-electron chi connectivity index (χ4n) is 3.49. The van der Waals surface area contributed by atoms with E-state index in [-0.39, 0.29) is 17.9 Å². The quantitative estimate of drug-likeness (QED) is 0.758. The third-order valence-corrected chi connectivity index (χ3v) is 4.86. The van der Waals surface area contributed by atoms with Crippen LogP contribution in [0.4, 0.5) is 11.5 Å². The minimum atomic E-state index is -0.122. The summed E-state index contributed by atoms with van der Waals surface area (Å²) in [5, 5.41) is 2.87. The highest BCUT2D eigenvalue weighted by molar-refractivity contribution is 5.90. The molecule has 2 heterocycles. The second kappa shape index (κ2) is 7.61. The van der Waals surface area contributed by atoms with Crippen LogP contribution in [0, 0.1) is 0 Å². The molecule has 1 amide bonds. The predicted octanol–water partition coefficient (Wildman–Crippen LogP) is 3.03. The number of para-hydroxylation sites is 3. The molecule has 27 heavy (non-hydrogen) atoms. The molecule has 6 nitrogen and oxygen atoms in total. The number of amides is 1. The molecule has 138 valence electrons. The normalized spacial score (nSPS) is 13.9. The van der Waals surface area contributed by atoms with Crippen molar-refractivity contribution in [3.8, 4) is 0 Å². The molecule has 2 aromatic carbocycles. The van der Waals surface area contributed by atoms with Gasteiger partial charge in [-0.2, -0.15) is 0 Å². The number of anilines is 2. The summed E-state index contributed by atoms with van der Waals surface area (Å²) in [6, 6.07) is 16.9. The lowest BCUT2D eigenvalue weighted by Gasteiger charge is -2.19. The van der Waals surface area contributed by atoms with Gasteiger partial charge in [-0.15, -0.1) is 0 Å². The number of aryl methyl sites for hydroxylation is 1. The van der Waals surface area contributed by atoms with Crippen LogP contribution in [-0.4, -0.2) is 28.5 Å². The summed E-state index contributed by atoms with van der Waals surface area (Å²) in [6.45, 7) is 2.03. The maximum atomic E-state index is 13.1. The van der Waals surface area contributed by atoms with Crippen LogP contribution in [0.15, 0.2) is 59.4 Å². The molecule has 0 spiro atoms. The first kappa shape index (κ1) is 17.3. The molecule has 0 atom stereocenters. The Morgan fingerprint density at radius 3 is 2.48 bits per heavy atom. The van der Waals surface area contributed by atoms with Crippen molar-refractivity contribution >= 4 is 28.4 Å². The van der Waals surface area contributed by atoms with E-state index in [4.69, 9.17) is 0 Å². The van der Waals surface area contributed by atoms with Gasteiger partial charge in [-0.3, -0.25) is 9.59 Å². The Balaban J connectivity index is 1.61. The lowest BCUT2D eigenvalue weighted by atomic mass is 10.2. The molecule has 1 aliphatic rings. The van der Waals surface area contributed by atoms with Gasteiger partial charge in [0.25, 0.3) is 5.56 Å². The summed E-state index contributed by atoms with van der Waals surface area (Å²) in [4.78, 5) is 32.0. The van der Waals surface area contributed by atoms with E-state index in [0.717, 1.165) is 42.7 Å². The summed E-state index contributed by atoms with van der Waals surface area (Å²) in [5.41, 5.74) is 2.18. The second-order valence-corrected chi connectivity index (χ2v) is 6.74. The Morgan fingerprint density at radius 1 is 1.00 bits per heavy atom. The average molecular weight is 362 g/mol. The summed E-state index contributed by atoms with van der Waals surface area (Å²) in [6.07, 6.45) is 2.38. The van der Waals surface area contributed by atoms with E-state index in [9.17, 15) is 9.59 Å². The molecule has 1 N–H and O–H groups in total. The molecule has 1 aliphatic heterocycles. The summed E-state index contributed by atoms with van der Waals surface area (Å²) < 4.78 is 1.68. The fraction of sp³-hybridized carbons (Fsp3) is 0.286. The van der Waals surface area contributed by atoms with Crippen LogP contribution in [0.25, 0.3) is 11.0 Å². The fourth-order valence-corrected chi connectivity index (χ4v) is 3.49. The van der Waals surface area contributed by atoms with Gasteiger partial charge >= 0.3 is 0 Å². The number of benzene rings is 2. The van der Waals surface area contributed by atoms with E-state index in [2.05, 4.69) is 15.2 Å². The number of carbonyl (C=O) groups is 1. The Bertz CT molecular complexity index is 1010. The largest absolute Gasteiger partial charge is 0.352 e. The van der Waals surface area contributed by atoms with Crippen LogP contribution in [0.5, 0.6) is 0 Å². The van der Waals surface area contributed by atoms with Gasteiger partial charge in [-0.1, -0.05) is 30.3 Å². The van der Waals surface area contributed by atoms with Gasteiger partial charge < -0.3 is 14.8 Å². The number of hydrogen-bond acceptors (Lipinski definition) is 4. The minimum Gasteiger partial charge on any atom is -0.352 e. The predicted molar refractivity (Wildman–Crippen MR) is 107 cm³/mol. The summed E-state index contributed by atoms with van der Waals surface area (Å²) in [5.74, 6) is 0.381. The van der Waals surface area contributed by atoms with E-state index < -0.39 is 0 Å². The summed E-state index contributed by atoms with van der Waals surface area (Å²) >= 11 is 0. The van der Waals surface area contributed by atoms with Crippen molar-refractivity contribution in [3.05, 3.63) is 65.0 Å². The lowest BCUT2D eigenvalue weighted by molar-refractivity contribution is -0.116. The number of carbonyl (C=O) groups excluding carboxylic acids is 1. The standard InChI is InChI=1S/C21H22N4O2/c26-19(22-16-8-2-1-3-9-16)12-15-25-18-11-5-4-10-17(18)23-20(21(25)27)24-13-6-7-14-24/h1-5,8-11H,6-7,12-15H2,(H,22,26). The molecule has 4 rings (SSSR count). The van der Waals surface area contributed by atoms with Gasteiger partial charge in [0, 0.05) is 31.7 Å². The Kier molecular flexibility index (Phi) is 4.87. The molecule has 1 fully saturated rings. The van der Waals surface area contributed by atoms with Crippen molar-refractivity contribution in [2.24, 2.45) is 0 Å². The zero-order chi connectivity index (χ0) is 18.6. The van der Waals surface area contributed by atoms with E-state index >= 15 is 0 Å². The monoisotopic (exact) mass is 362 g/mol. The molecule has 1 saturated heterocycles. The van der Waals surface area contributed by atoms with Crippen LogP contribution < -0.4 is 15.8 Å². The van der Waals surface area contributed by atoms with Crippen molar-refractivity contribution in [2.45, 2.75) is 25.8 Å².